The van der Waals surface area contributed by atoms with E-state index in [0.717, 1.165) is 24.2 Å². The number of halogens is 1. The van der Waals surface area contributed by atoms with Gasteiger partial charge in [0.1, 0.15) is 0 Å². The van der Waals surface area contributed by atoms with Gasteiger partial charge >= 0.3 is 0 Å². The maximum atomic E-state index is 6.03. The molecule has 0 saturated carbocycles. The molecule has 1 aliphatic rings. The van der Waals surface area contributed by atoms with Gasteiger partial charge in [0.05, 0.1) is 5.69 Å². The Labute approximate surface area is 176 Å². The first-order chi connectivity index (χ1) is 12.8. The lowest BCUT2D eigenvalue weighted by molar-refractivity contribution is 0.877. The van der Waals surface area contributed by atoms with Crippen LogP contribution in [0.4, 0.5) is 5.69 Å². The van der Waals surface area contributed by atoms with Crippen molar-refractivity contribution in [2.24, 2.45) is 10.7 Å². The molecule has 4 rings (SSSR count). The van der Waals surface area contributed by atoms with Gasteiger partial charge in [-0.05, 0) is 72.7 Å². The molecule has 1 heterocycles. The van der Waals surface area contributed by atoms with Crippen molar-refractivity contribution >= 4 is 35.6 Å². The average molecular weight is 473 g/mol. The number of benzene rings is 2. The molecule has 2 aromatic carbocycles. The summed E-state index contributed by atoms with van der Waals surface area (Å²) in [6.45, 7) is 0.658. The zero-order valence-electron chi connectivity index (χ0n) is 15.1. The first-order valence-corrected chi connectivity index (χ1v) is 9.06. The van der Waals surface area contributed by atoms with Crippen LogP contribution in [0.3, 0.4) is 0 Å². The molecule has 0 saturated heterocycles. The Bertz CT molecular complexity index is 901. The molecule has 0 bridgehead atoms. The SMILES string of the molecule is I.NC(=NCCc1ccc(-n2cccn2)cc1)Nc1ccc2c(c1)CCC2. The molecule has 0 amide bonds. The van der Waals surface area contributed by atoms with Crippen LogP contribution in [0.5, 0.6) is 0 Å². The summed E-state index contributed by atoms with van der Waals surface area (Å²) in [5.74, 6) is 0.469. The molecule has 0 atom stereocenters. The maximum absolute atomic E-state index is 6.03. The number of nitrogens with zero attached hydrogens (tertiary/aromatic N) is 3. The summed E-state index contributed by atoms with van der Waals surface area (Å²) >= 11 is 0. The smallest absolute Gasteiger partial charge is 0.193 e. The molecule has 1 aliphatic carbocycles. The minimum Gasteiger partial charge on any atom is -0.370 e. The Balaban J connectivity index is 0.00000210. The van der Waals surface area contributed by atoms with Gasteiger partial charge in [-0.3, -0.25) is 4.99 Å². The molecular weight excluding hydrogens is 449 g/mol. The van der Waals surface area contributed by atoms with Gasteiger partial charge in [0.25, 0.3) is 0 Å². The minimum atomic E-state index is 0. The summed E-state index contributed by atoms with van der Waals surface area (Å²) in [5, 5.41) is 7.43. The normalized spacial score (nSPS) is 13.1. The lowest BCUT2D eigenvalue weighted by atomic mass is 10.1. The van der Waals surface area contributed by atoms with E-state index in [-0.39, 0.29) is 24.0 Å². The fourth-order valence-corrected chi connectivity index (χ4v) is 3.38. The predicted molar refractivity (Wildman–Crippen MR) is 121 cm³/mol. The number of rotatable bonds is 5. The molecule has 140 valence electrons. The molecule has 0 unspecified atom stereocenters. The van der Waals surface area contributed by atoms with Crippen LogP contribution >= 0.6 is 24.0 Å². The van der Waals surface area contributed by atoms with Gasteiger partial charge in [-0.1, -0.05) is 18.2 Å². The Hall–Kier alpha value is -2.35. The quantitative estimate of drug-likeness (QED) is 0.335. The second kappa shape index (κ2) is 9.03. The monoisotopic (exact) mass is 473 g/mol. The number of fused-ring (bicyclic) bond motifs is 1. The molecule has 0 spiro atoms. The van der Waals surface area contributed by atoms with Crippen molar-refractivity contribution in [1.29, 1.82) is 0 Å². The van der Waals surface area contributed by atoms with E-state index < -0.39 is 0 Å². The number of nitrogens with two attached hydrogens (primary N) is 1. The molecule has 0 radical (unpaired) electrons. The van der Waals surface area contributed by atoms with Crippen LogP contribution < -0.4 is 11.1 Å². The third-order valence-corrected chi connectivity index (χ3v) is 4.76. The molecule has 1 aromatic heterocycles. The second-order valence-corrected chi connectivity index (χ2v) is 6.60. The molecule has 3 N–H and O–H groups in total. The summed E-state index contributed by atoms with van der Waals surface area (Å²) in [5.41, 5.74) is 12.2. The van der Waals surface area contributed by atoms with Crippen molar-refractivity contribution < 1.29 is 0 Å². The largest absolute Gasteiger partial charge is 0.370 e. The fourth-order valence-electron chi connectivity index (χ4n) is 3.38. The van der Waals surface area contributed by atoms with Crippen LogP contribution in [-0.4, -0.2) is 22.3 Å². The van der Waals surface area contributed by atoms with Crippen LogP contribution in [0.15, 0.2) is 65.9 Å². The van der Waals surface area contributed by atoms with Gasteiger partial charge in [-0.25, -0.2) is 4.68 Å². The Morgan fingerprint density at radius 1 is 1.11 bits per heavy atom. The highest BCUT2D eigenvalue weighted by Crippen LogP contribution is 2.24. The van der Waals surface area contributed by atoms with Crippen molar-refractivity contribution in [3.8, 4) is 5.69 Å². The minimum absolute atomic E-state index is 0. The Morgan fingerprint density at radius 2 is 1.93 bits per heavy atom. The standard InChI is InChI=1S/C21H23N5.HI/c22-21(25-19-8-7-17-3-1-4-18(17)15-19)23-13-11-16-5-9-20(10-6-16)26-14-2-12-24-26;/h2,5-10,12,14-15H,1,3-4,11,13H2,(H3,22,23,25);1H. The van der Waals surface area contributed by atoms with Gasteiger partial charge < -0.3 is 11.1 Å². The summed E-state index contributed by atoms with van der Waals surface area (Å²) in [6, 6.07) is 16.7. The van der Waals surface area contributed by atoms with Crippen molar-refractivity contribution in [2.45, 2.75) is 25.7 Å². The highest BCUT2D eigenvalue weighted by Gasteiger charge is 2.10. The number of aryl methyl sites for hydroxylation is 2. The van der Waals surface area contributed by atoms with E-state index in [1.165, 1.54) is 29.5 Å². The Morgan fingerprint density at radius 3 is 2.70 bits per heavy atom. The van der Waals surface area contributed by atoms with E-state index >= 15 is 0 Å². The first-order valence-electron chi connectivity index (χ1n) is 9.06. The highest BCUT2D eigenvalue weighted by molar-refractivity contribution is 14.0. The van der Waals surface area contributed by atoms with Crippen molar-refractivity contribution in [3.05, 3.63) is 77.6 Å². The van der Waals surface area contributed by atoms with Crippen LogP contribution in [0.25, 0.3) is 5.69 Å². The number of aliphatic imine (C=N–C) groups is 1. The molecule has 0 aliphatic heterocycles. The third-order valence-electron chi connectivity index (χ3n) is 4.76. The van der Waals surface area contributed by atoms with Crippen LogP contribution in [0.1, 0.15) is 23.1 Å². The van der Waals surface area contributed by atoms with Gasteiger partial charge in [0.15, 0.2) is 5.96 Å². The zero-order chi connectivity index (χ0) is 17.8. The zero-order valence-corrected chi connectivity index (χ0v) is 17.5. The average Bonchev–Trinajstić information content (AvgIpc) is 3.34. The van der Waals surface area contributed by atoms with E-state index in [4.69, 9.17) is 5.73 Å². The van der Waals surface area contributed by atoms with Crippen molar-refractivity contribution in [2.75, 3.05) is 11.9 Å². The lowest BCUT2D eigenvalue weighted by Crippen LogP contribution is -2.23. The number of hydrogen-bond acceptors (Lipinski definition) is 2. The molecule has 5 nitrogen and oxygen atoms in total. The number of guanidine groups is 1. The van der Waals surface area contributed by atoms with E-state index in [1.54, 1.807) is 6.20 Å². The van der Waals surface area contributed by atoms with Crippen LogP contribution in [-0.2, 0) is 19.3 Å². The maximum Gasteiger partial charge on any atom is 0.193 e. The van der Waals surface area contributed by atoms with Gasteiger partial charge in [0.2, 0.25) is 0 Å². The summed E-state index contributed by atoms with van der Waals surface area (Å²) in [7, 11) is 0. The summed E-state index contributed by atoms with van der Waals surface area (Å²) in [4.78, 5) is 4.45. The third kappa shape index (κ3) is 4.88. The number of aromatic nitrogens is 2. The fraction of sp³-hybridized carbons (Fsp3) is 0.238. The summed E-state index contributed by atoms with van der Waals surface area (Å²) < 4.78 is 1.85. The van der Waals surface area contributed by atoms with E-state index in [9.17, 15) is 0 Å². The van der Waals surface area contributed by atoms with Crippen LogP contribution in [0.2, 0.25) is 0 Å². The van der Waals surface area contributed by atoms with Gasteiger partial charge in [-0.2, -0.15) is 5.10 Å². The van der Waals surface area contributed by atoms with Crippen molar-refractivity contribution in [3.63, 3.8) is 0 Å². The molecule has 3 aromatic rings. The number of hydrogen-bond donors (Lipinski definition) is 2. The second-order valence-electron chi connectivity index (χ2n) is 6.60. The molecular formula is C21H24IN5. The van der Waals surface area contributed by atoms with E-state index in [0.29, 0.717) is 12.5 Å². The van der Waals surface area contributed by atoms with Gasteiger partial charge in [-0.15, -0.1) is 24.0 Å². The van der Waals surface area contributed by atoms with Crippen LogP contribution in [0, 0.1) is 0 Å². The predicted octanol–water partition coefficient (Wildman–Crippen LogP) is 3.95. The first kappa shape index (κ1) is 19.4. The summed E-state index contributed by atoms with van der Waals surface area (Å²) in [6.07, 6.45) is 8.17. The van der Waals surface area contributed by atoms with Crippen molar-refractivity contribution in [1.82, 2.24) is 9.78 Å². The van der Waals surface area contributed by atoms with E-state index in [2.05, 4.69) is 57.9 Å². The molecule has 0 fully saturated rings. The number of nitrogens with one attached hydrogen (secondary N) is 1. The lowest BCUT2D eigenvalue weighted by Gasteiger charge is -2.08. The molecule has 27 heavy (non-hydrogen) atoms. The van der Waals surface area contributed by atoms with Gasteiger partial charge in [0, 0.05) is 24.6 Å². The van der Waals surface area contributed by atoms with E-state index in [1.807, 2.05) is 16.9 Å². The Kier molecular flexibility index (Phi) is 6.49. The topological polar surface area (TPSA) is 68.2 Å². The highest BCUT2D eigenvalue weighted by atomic mass is 127. The molecule has 6 heteroatoms. The number of anilines is 1.